The molecule has 3 heterocycles. The lowest BCUT2D eigenvalue weighted by Gasteiger charge is -2.21. The van der Waals surface area contributed by atoms with Gasteiger partial charge in [-0.1, -0.05) is 0 Å². The van der Waals surface area contributed by atoms with Crippen LogP contribution >= 0.6 is 0 Å². The highest BCUT2D eigenvalue weighted by atomic mass is 16.4. The molecule has 2 bridgehead atoms. The number of hydrogen-bond donors (Lipinski definition) is 1. The first-order valence-corrected chi connectivity index (χ1v) is 6.11. The Bertz CT molecular complexity index is 443. The molecule has 1 aromatic heterocycles. The highest BCUT2D eigenvalue weighted by Gasteiger charge is 2.48. The van der Waals surface area contributed by atoms with Crippen LogP contribution in [0.3, 0.4) is 0 Å². The molecule has 0 spiro atoms. The van der Waals surface area contributed by atoms with E-state index in [1.54, 1.807) is 4.68 Å². The van der Waals surface area contributed by atoms with E-state index in [1.807, 2.05) is 19.4 Å². The maximum absolute atomic E-state index is 11.2. The molecular formula is C12H17N3O2. The van der Waals surface area contributed by atoms with Crippen LogP contribution in [-0.2, 0) is 18.4 Å². The number of aromatic nitrogens is 2. The zero-order valence-corrected chi connectivity index (χ0v) is 9.91. The first-order valence-electron chi connectivity index (χ1n) is 6.11. The molecule has 0 aliphatic carbocycles. The van der Waals surface area contributed by atoms with Crippen molar-refractivity contribution in [3.63, 3.8) is 0 Å². The number of carboxylic acid groups (broad SMARTS) is 1. The second kappa shape index (κ2) is 3.84. The predicted octanol–water partition coefficient (Wildman–Crippen LogP) is 0.858. The van der Waals surface area contributed by atoms with Gasteiger partial charge in [0.05, 0.1) is 12.1 Å². The SMILES string of the molecule is Cn1cc(CN2C3CCC2C(C(=O)O)C3)cn1. The summed E-state index contributed by atoms with van der Waals surface area (Å²) in [4.78, 5) is 13.5. The molecule has 17 heavy (non-hydrogen) atoms. The zero-order valence-electron chi connectivity index (χ0n) is 9.91. The van der Waals surface area contributed by atoms with Crippen molar-refractivity contribution in [3.05, 3.63) is 18.0 Å². The number of rotatable bonds is 3. The van der Waals surface area contributed by atoms with Crippen molar-refractivity contribution in [1.29, 1.82) is 0 Å². The van der Waals surface area contributed by atoms with E-state index < -0.39 is 5.97 Å². The first kappa shape index (κ1) is 10.8. The van der Waals surface area contributed by atoms with Gasteiger partial charge in [-0.25, -0.2) is 0 Å². The third kappa shape index (κ3) is 1.74. The van der Waals surface area contributed by atoms with Gasteiger partial charge >= 0.3 is 5.97 Å². The number of nitrogens with zero attached hydrogens (tertiary/aromatic N) is 3. The van der Waals surface area contributed by atoms with Crippen LogP contribution in [0.1, 0.15) is 24.8 Å². The van der Waals surface area contributed by atoms with Crippen molar-refractivity contribution in [3.8, 4) is 0 Å². The van der Waals surface area contributed by atoms with E-state index >= 15 is 0 Å². The van der Waals surface area contributed by atoms with Crippen LogP contribution in [-0.4, -0.2) is 37.8 Å². The molecule has 1 aromatic rings. The Hall–Kier alpha value is -1.36. The molecule has 2 fully saturated rings. The molecule has 5 heteroatoms. The third-order valence-electron chi connectivity index (χ3n) is 4.12. The molecule has 0 saturated carbocycles. The summed E-state index contributed by atoms with van der Waals surface area (Å²) in [7, 11) is 1.90. The molecule has 3 rings (SSSR count). The highest BCUT2D eigenvalue weighted by molar-refractivity contribution is 5.71. The summed E-state index contributed by atoms with van der Waals surface area (Å²) in [5.74, 6) is -0.793. The molecule has 2 saturated heterocycles. The van der Waals surface area contributed by atoms with Gasteiger partial charge in [0.1, 0.15) is 0 Å². The van der Waals surface area contributed by atoms with Crippen molar-refractivity contribution in [2.45, 2.75) is 37.9 Å². The molecular weight excluding hydrogens is 218 g/mol. The van der Waals surface area contributed by atoms with Gasteiger partial charge in [0.2, 0.25) is 0 Å². The summed E-state index contributed by atoms with van der Waals surface area (Å²) < 4.78 is 1.79. The minimum atomic E-state index is -0.631. The van der Waals surface area contributed by atoms with Gasteiger partial charge in [0, 0.05) is 37.4 Å². The van der Waals surface area contributed by atoms with Gasteiger partial charge in [0.15, 0.2) is 0 Å². The van der Waals surface area contributed by atoms with Crippen molar-refractivity contribution in [2.75, 3.05) is 0 Å². The van der Waals surface area contributed by atoms with Crippen molar-refractivity contribution >= 4 is 5.97 Å². The maximum Gasteiger partial charge on any atom is 0.308 e. The number of fused-ring (bicyclic) bond motifs is 2. The topological polar surface area (TPSA) is 58.4 Å². The van der Waals surface area contributed by atoms with Crippen LogP contribution < -0.4 is 0 Å². The van der Waals surface area contributed by atoms with Crippen LogP contribution in [0.4, 0.5) is 0 Å². The Labute approximate surface area is 100 Å². The van der Waals surface area contributed by atoms with Crippen LogP contribution in [0.5, 0.6) is 0 Å². The van der Waals surface area contributed by atoms with Crippen LogP contribution in [0.15, 0.2) is 12.4 Å². The summed E-state index contributed by atoms with van der Waals surface area (Å²) in [6, 6.07) is 0.694. The van der Waals surface area contributed by atoms with Crippen LogP contribution in [0, 0.1) is 5.92 Å². The average Bonchev–Trinajstić information content (AvgIpc) is 2.95. The van der Waals surface area contributed by atoms with E-state index in [0.29, 0.717) is 6.04 Å². The minimum Gasteiger partial charge on any atom is -0.481 e. The van der Waals surface area contributed by atoms with Gasteiger partial charge in [-0.05, 0) is 19.3 Å². The summed E-state index contributed by atoms with van der Waals surface area (Å²) in [6.07, 6.45) is 6.87. The quantitative estimate of drug-likeness (QED) is 0.844. The Morgan fingerprint density at radius 1 is 1.59 bits per heavy atom. The van der Waals surface area contributed by atoms with E-state index in [9.17, 15) is 9.90 Å². The Morgan fingerprint density at radius 3 is 3.00 bits per heavy atom. The molecule has 3 atom stereocenters. The maximum atomic E-state index is 11.2. The number of hydrogen-bond acceptors (Lipinski definition) is 3. The average molecular weight is 235 g/mol. The van der Waals surface area contributed by atoms with E-state index in [2.05, 4.69) is 10.00 Å². The summed E-state index contributed by atoms with van der Waals surface area (Å²) in [5.41, 5.74) is 1.18. The number of carbonyl (C=O) groups is 1. The zero-order chi connectivity index (χ0) is 12.0. The van der Waals surface area contributed by atoms with Gasteiger partial charge in [-0.15, -0.1) is 0 Å². The Morgan fingerprint density at radius 2 is 2.41 bits per heavy atom. The molecule has 92 valence electrons. The van der Waals surface area contributed by atoms with E-state index in [-0.39, 0.29) is 12.0 Å². The lowest BCUT2D eigenvalue weighted by molar-refractivity contribution is -0.142. The van der Waals surface area contributed by atoms with Gasteiger partial charge in [-0.2, -0.15) is 5.10 Å². The molecule has 0 aromatic carbocycles. The van der Waals surface area contributed by atoms with E-state index in [1.165, 1.54) is 5.56 Å². The summed E-state index contributed by atoms with van der Waals surface area (Å²) in [6.45, 7) is 0.840. The largest absolute Gasteiger partial charge is 0.481 e. The second-order valence-corrected chi connectivity index (χ2v) is 5.17. The molecule has 2 aliphatic heterocycles. The predicted molar refractivity (Wildman–Crippen MR) is 61.3 cm³/mol. The van der Waals surface area contributed by atoms with Crippen LogP contribution in [0.25, 0.3) is 0 Å². The number of carboxylic acids is 1. The Balaban J connectivity index is 1.75. The van der Waals surface area contributed by atoms with Crippen molar-refractivity contribution in [1.82, 2.24) is 14.7 Å². The standard InChI is InChI=1S/C12H17N3O2/c1-14-6-8(5-13-14)7-15-9-2-3-11(15)10(4-9)12(16)17/h5-6,9-11H,2-4,7H2,1H3,(H,16,17). The first-order chi connectivity index (χ1) is 8.15. The third-order valence-corrected chi connectivity index (χ3v) is 4.12. The fourth-order valence-electron chi connectivity index (χ4n) is 3.38. The highest BCUT2D eigenvalue weighted by Crippen LogP contribution is 2.42. The van der Waals surface area contributed by atoms with E-state index in [0.717, 1.165) is 25.8 Å². The minimum absolute atomic E-state index is 0.162. The van der Waals surface area contributed by atoms with Gasteiger partial charge in [0.25, 0.3) is 0 Å². The molecule has 2 aliphatic rings. The molecule has 0 amide bonds. The Kier molecular flexibility index (Phi) is 2.43. The second-order valence-electron chi connectivity index (χ2n) is 5.17. The molecule has 0 radical (unpaired) electrons. The van der Waals surface area contributed by atoms with Crippen LogP contribution in [0.2, 0.25) is 0 Å². The normalized spacial score (nSPS) is 32.2. The smallest absolute Gasteiger partial charge is 0.308 e. The number of aliphatic carboxylic acids is 1. The van der Waals surface area contributed by atoms with Gasteiger partial charge < -0.3 is 5.11 Å². The number of aryl methyl sites for hydroxylation is 1. The van der Waals surface area contributed by atoms with Crippen molar-refractivity contribution in [2.24, 2.45) is 13.0 Å². The lowest BCUT2D eigenvalue weighted by atomic mass is 9.89. The van der Waals surface area contributed by atoms with Crippen molar-refractivity contribution < 1.29 is 9.90 Å². The fourth-order valence-corrected chi connectivity index (χ4v) is 3.38. The summed E-state index contributed by atoms with van der Waals surface area (Å²) >= 11 is 0. The monoisotopic (exact) mass is 235 g/mol. The summed E-state index contributed by atoms with van der Waals surface area (Å²) in [5, 5.41) is 13.3. The molecule has 1 N–H and O–H groups in total. The van der Waals surface area contributed by atoms with E-state index in [4.69, 9.17) is 0 Å². The lowest BCUT2D eigenvalue weighted by Crippen LogP contribution is -2.32. The van der Waals surface area contributed by atoms with Gasteiger partial charge in [-0.3, -0.25) is 14.4 Å². The molecule has 5 nitrogen and oxygen atoms in total. The molecule has 3 unspecified atom stereocenters. The fraction of sp³-hybridized carbons (Fsp3) is 0.667.